The Morgan fingerprint density at radius 2 is 1.79 bits per heavy atom. The lowest BCUT2D eigenvalue weighted by atomic mass is 9.94. The first kappa shape index (κ1) is 28.3. The first-order valence-corrected chi connectivity index (χ1v) is 13.0. The predicted octanol–water partition coefficient (Wildman–Crippen LogP) is 4.24. The Morgan fingerprint density at radius 1 is 1.05 bits per heavy atom. The summed E-state index contributed by atoms with van der Waals surface area (Å²) in [5.74, 6) is 0.270. The average molecular weight is 544 g/mol. The molecule has 0 aliphatic carbocycles. The third-order valence-electron chi connectivity index (χ3n) is 6.85. The van der Waals surface area contributed by atoms with Gasteiger partial charge in [0.25, 0.3) is 0 Å². The van der Waals surface area contributed by atoms with Gasteiger partial charge in [-0.3, -0.25) is 9.88 Å². The van der Waals surface area contributed by atoms with E-state index in [0.29, 0.717) is 48.2 Å². The zero-order valence-electron chi connectivity index (χ0n) is 21.9. The maximum atomic E-state index is 13.7. The number of rotatable bonds is 9. The monoisotopic (exact) mass is 543 g/mol. The van der Waals surface area contributed by atoms with Crippen LogP contribution in [-0.4, -0.2) is 64.6 Å². The molecule has 2 heterocycles. The molecule has 3 N–H and O–H groups in total. The van der Waals surface area contributed by atoms with Gasteiger partial charge in [-0.25, -0.2) is 4.39 Å². The molecule has 0 saturated carbocycles. The number of pyridine rings is 1. The fraction of sp³-hybridized carbons (Fsp3) is 0.414. The summed E-state index contributed by atoms with van der Waals surface area (Å²) in [6, 6.07) is 15.3. The molecule has 2 atom stereocenters. The van der Waals surface area contributed by atoms with E-state index in [4.69, 9.17) is 21.4 Å². The van der Waals surface area contributed by atoms with Crippen molar-refractivity contribution >= 4 is 17.3 Å². The van der Waals surface area contributed by atoms with Crippen molar-refractivity contribution in [3.8, 4) is 5.75 Å². The van der Waals surface area contributed by atoms with E-state index in [9.17, 15) is 14.6 Å². The Balaban J connectivity index is 1.57. The summed E-state index contributed by atoms with van der Waals surface area (Å²) >= 11 is 6.66. The quantitative estimate of drug-likeness (QED) is 0.372. The second-order valence-electron chi connectivity index (χ2n) is 10.4. The summed E-state index contributed by atoms with van der Waals surface area (Å²) in [4.78, 5) is 8.73. The summed E-state index contributed by atoms with van der Waals surface area (Å²) in [6.45, 7) is 7.44. The molecule has 0 bridgehead atoms. The van der Waals surface area contributed by atoms with Crippen molar-refractivity contribution in [2.45, 2.75) is 38.0 Å². The molecule has 0 radical (unpaired) electrons. The highest BCUT2D eigenvalue weighted by Gasteiger charge is 2.34. The number of benzene rings is 2. The normalized spacial score (nSPS) is 18.3. The number of hydrogen-bond donors (Lipinski definition) is 3. The molecule has 7 nitrogen and oxygen atoms in total. The van der Waals surface area contributed by atoms with Crippen LogP contribution in [0.5, 0.6) is 5.75 Å². The lowest BCUT2D eigenvalue weighted by Gasteiger charge is -2.45. The number of aromatic nitrogens is 1. The van der Waals surface area contributed by atoms with E-state index in [2.05, 4.69) is 14.8 Å². The van der Waals surface area contributed by atoms with Gasteiger partial charge in [-0.1, -0.05) is 29.8 Å². The van der Waals surface area contributed by atoms with E-state index in [1.807, 2.05) is 12.1 Å². The highest BCUT2D eigenvalue weighted by Crippen LogP contribution is 2.38. The molecular formula is C29H35ClFN3O4. The van der Waals surface area contributed by atoms with Gasteiger partial charge >= 0.3 is 0 Å². The molecule has 1 saturated heterocycles. The van der Waals surface area contributed by atoms with Gasteiger partial charge in [-0.05, 0) is 56.7 Å². The Bertz CT molecular complexity index is 1220. The number of aliphatic hydroxyl groups excluding tert-OH is 1. The van der Waals surface area contributed by atoms with Crippen LogP contribution in [0, 0.1) is 5.82 Å². The molecule has 204 valence electrons. The van der Waals surface area contributed by atoms with Crippen molar-refractivity contribution < 1.29 is 24.4 Å². The zero-order chi connectivity index (χ0) is 27.5. The van der Waals surface area contributed by atoms with E-state index in [-0.39, 0.29) is 25.1 Å². The van der Waals surface area contributed by atoms with Crippen LogP contribution in [0.4, 0.5) is 10.1 Å². The lowest BCUT2D eigenvalue weighted by Crippen LogP contribution is -2.52. The van der Waals surface area contributed by atoms with Gasteiger partial charge in [0.05, 0.1) is 29.1 Å². The molecule has 3 aromatic rings. The van der Waals surface area contributed by atoms with Crippen LogP contribution >= 0.6 is 11.6 Å². The van der Waals surface area contributed by atoms with Gasteiger partial charge in [0.15, 0.2) is 0 Å². The van der Waals surface area contributed by atoms with Gasteiger partial charge in [-0.2, -0.15) is 0 Å². The molecule has 1 unspecified atom stereocenters. The zero-order valence-corrected chi connectivity index (χ0v) is 22.7. The van der Waals surface area contributed by atoms with Crippen molar-refractivity contribution in [2.24, 2.45) is 0 Å². The molecule has 1 fully saturated rings. The second-order valence-corrected chi connectivity index (χ2v) is 10.9. The highest BCUT2D eigenvalue weighted by atomic mass is 35.5. The molecule has 9 heteroatoms. The van der Waals surface area contributed by atoms with Crippen LogP contribution in [-0.2, 0) is 11.2 Å². The molecule has 4 rings (SSSR count). The summed E-state index contributed by atoms with van der Waals surface area (Å²) in [7, 11) is 0. The van der Waals surface area contributed by atoms with E-state index in [0.717, 1.165) is 11.3 Å². The van der Waals surface area contributed by atoms with E-state index in [1.165, 1.54) is 12.1 Å². The predicted molar refractivity (Wildman–Crippen MR) is 146 cm³/mol. The Kier molecular flexibility index (Phi) is 8.59. The molecule has 1 aliphatic rings. The minimum Gasteiger partial charge on any atom is -0.491 e. The Hall–Kier alpha value is -2.75. The van der Waals surface area contributed by atoms with E-state index in [1.54, 1.807) is 57.3 Å². The Morgan fingerprint density at radius 3 is 2.39 bits per heavy atom. The van der Waals surface area contributed by atoms with Crippen LogP contribution in [0.1, 0.15) is 43.6 Å². The summed E-state index contributed by atoms with van der Waals surface area (Å²) in [5, 5.41) is 31.1. The van der Waals surface area contributed by atoms with Gasteiger partial charge < -0.3 is 25.0 Å². The molecule has 1 aliphatic heterocycles. The number of piperazine rings is 1. The standard InChI is InChI=1S/C29H35ClFN3O4/c1-28(2,36)27-11-6-21(17-32-27)29(3,37)19-33-12-13-34(26(18-33)20-4-7-22(31)8-5-20)25-10-9-23(16-24(25)30)38-15-14-35/h4-11,16-17,26,35-37H,12-15,18-19H2,1-3H3/t26-,29?/m0/s1. The number of anilines is 1. The van der Waals surface area contributed by atoms with E-state index < -0.39 is 11.2 Å². The van der Waals surface area contributed by atoms with Gasteiger partial charge in [0, 0.05) is 44.0 Å². The van der Waals surface area contributed by atoms with Crippen LogP contribution in [0.3, 0.4) is 0 Å². The topological polar surface area (TPSA) is 89.3 Å². The number of halogens is 2. The molecule has 0 spiro atoms. The van der Waals surface area contributed by atoms with Crippen LogP contribution < -0.4 is 9.64 Å². The number of hydrogen-bond acceptors (Lipinski definition) is 7. The number of β-amino-alcohol motifs (C(OH)–C–C–N with tert-alkyl or cyclic N) is 1. The van der Waals surface area contributed by atoms with Gasteiger partial charge in [0.2, 0.25) is 0 Å². The van der Waals surface area contributed by atoms with Crippen molar-refractivity contribution in [1.29, 1.82) is 0 Å². The van der Waals surface area contributed by atoms with Gasteiger partial charge in [0.1, 0.15) is 29.4 Å². The van der Waals surface area contributed by atoms with E-state index >= 15 is 0 Å². The average Bonchev–Trinajstić information content (AvgIpc) is 2.87. The number of aliphatic hydroxyl groups is 3. The SMILES string of the molecule is CC(C)(O)c1ccc(C(C)(O)CN2CCN(c3ccc(OCCO)cc3Cl)[C@H](c3ccc(F)cc3)C2)cn1. The molecule has 1 aromatic heterocycles. The summed E-state index contributed by atoms with van der Waals surface area (Å²) in [5.41, 5.74) is 0.718. The molecule has 0 amide bonds. The largest absolute Gasteiger partial charge is 0.491 e. The van der Waals surface area contributed by atoms with Crippen molar-refractivity contribution in [3.05, 3.63) is 88.5 Å². The fourth-order valence-corrected chi connectivity index (χ4v) is 5.10. The first-order valence-electron chi connectivity index (χ1n) is 12.7. The van der Waals surface area contributed by atoms with Crippen molar-refractivity contribution in [2.75, 3.05) is 44.3 Å². The number of ether oxygens (including phenoxy) is 1. The van der Waals surface area contributed by atoms with Crippen molar-refractivity contribution in [1.82, 2.24) is 9.88 Å². The van der Waals surface area contributed by atoms with Crippen LogP contribution in [0.25, 0.3) is 0 Å². The lowest BCUT2D eigenvalue weighted by molar-refractivity contribution is 0.00970. The first-order chi connectivity index (χ1) is 18.0. The number of nitrogens with zero attached hydrogens (tertiary/aromatic N) is 3. The highest BCUT2D eigenvalue weighted by molar-refractivity contribution is 6.33. The summed E-state index contributed by atoms with van der Waals surface area (Å²) < 4.78 is 19.2. The third-order valence-corrected chi connectivity index (χ3v) is 7.15. The third kappa shape index (κ3) is 6.62. The summed E-state index contributed by atoms with van der Waals surface area (Å²) in [6.07, 6.45) is 1.61. The molecular weight excluding hydrogens is 509 g/mol. The second kappa shape index (κ2) is 11.6. The molecule has 38 heavy (non-hydrogen) atoms. The minimum absolute atomic E-state index is 0.0859. The smallest absolute Gasteiger partial charge is 0.123 e. The van der Waals surface area contributed by atoms with Crippen molar-refractivity contribution in [3.63, 3.8) is 0 Å². The van der Waals surface area contributed by atoms with Gasteiger partial charge in [-0.15, -0.1) is 0 Å². The maximum absolute atomic E-state index is 13.7. The minimum atomic E-state index is -1.18. The van der Waals surface area contributed by atoms with Crippen LogP contribution in [0.15, 0.2) is 60.8 Å². The maximum Gasteiger partial charge on any atom is 0.123 e. The Labute approximate surface area is 228 Å². The fourth-order valence-electron chi connectivity index (χ4n) is 4.82. The molecule has 2 aromatic carbocycles. The van der Waals surface area contributed by atoms with Crippen LogP contribution in [0.2, 0.25) is 5.02 Å².